The third-order valence-corrected chi connectivity index (χ3v) is 5.69. The summed E-state index contributed by atoms with van der Waals surface area (Å²) in [6.07, 6.45) is 1.18. The van der Waals surface area contributed by atoms with Crippen LogP contribution in [0.3, 0.4) is 0 Å². The maximum absolute atomic E-state index is 11.6. The zero-order valence-corrected chi connectivity index (χ0v) is 19.8. The van der Waals surface area contributed by atoms with Crippen LogP contribution in [0.4, 0.5) is 0 Å². The number of benzene rings is 1. The zero-order valence-electron chi connectivity index (χ0n) is 16.6. The first-order valence-corrected chi connectivity index (χ1v) is 10.1. The van der Waals surface area contributed by atoms with Gasteiger partial charge in [-0.1, -0.05) is 19.1 Å². The lowest BCUT2D eigenvalue weighted by Crippen LogP contribution is -2.47. The number of guanidine groups is 1. The fourth-order valence-electron chi connectivity index (χ4n) is 2.69. The van der Waals surface area contributed by atoms with Gasteiger partial charge < -0.3 is 19.9 Å². The molecule has 2 rings (SSSR count). The molecule has 6 nitrogen and oxygen atoms in total. The summed E-state index contributed by atoms with van der Waals surface area (Å²) in [7, 11) is 5.27. The first kappa shape index (κ1) is 23.9. The maximum Gasteiger partial charge on any atom is 0.259 e. The molecule has 27 heavy (non-hydrogen) atoms. The van der Waals surface area contributed by atoms with E-state index in [2.05, 4.69) is 22.1 Å². The molecule has 1 aliphatic rings. The second kappa shape index (κ2) is 12.3. The summed E-state index contributed by atoms with van der Waals surface area (Å²) in [6, 6.07) is 7.82. The number of hydrogen-bond acceptors (Lipinski definition) is 4. The molecule has 1 saturated heterocycles. The van der Waals surface area contributed by atoms with Crippen molar-refractivity contribution in [2.45, 2.75) is 25.1 Å². The summed E-state index contributed by atoms with van der Waals surface area (Å²) in [5.41, 5.74) is 1.10. The molecule has 8 heteroatoms. The highest BCUT2D eigenvalue weighted by Gasteiger charge is 2.21. The van der Waals surface area contributed by atoms with Crippen LogP contribution in [-0.4, -0.2) is 73.5 Å². The van der Waals surface area contributed by atoms with Gasteiger partial charge in [0.2, 0.25) is 0 Å². The van der Waals surface area contributed by atoms with Gasteiger partial charge in [0.15, 0.2) is 12.6 Å². The lowest BCUT2D eigenvalue weighted by atomic mass is 10.2. The lowest BCUT2D eigenvalue weighted by molar-refractivity contribution is -0.130. The Morgan fingerprint density at radius 1 is 1.44 bits per heavy atom. The Bertz CT molecular complexity index is 627. The average molecular weight is 506 g/mol. The maximum atomic E-state index is 11.6. The molecule has 0 radical (unpaired) electrons. The lowest BCUT2D eigenvalue weighted by Gasteiger charge is -2.34. The minimum Gasteiger partial charge on any atom is -0.484 e. The number of amides is 1. The van der Waals surface area contributed by atoms with Crippen molar-refractivity contribution in [1.29, 1.82) is 0 Å². The Balaban J connectivity index is 0.00000364. The van der Waals surface area contributed by atoms with Gasteiger partial charge in [-0.25, -0.2) is 0 Å². The number of rotatable bonds is 6. The number of halogens is 1. The van der Waals surface area contributed by atoms with Crippen molar-refractivity contribution in [3.63, 3.8) is 0 Å². The van der Waals surface area contributed by atoms with Crippen LogP contribution >= 0.6 is 35.7 Å². The van der Waals surface area contributed by atoms with Gasteiger partial charge in [0.05, 0.1) is 0 Å². The molecule has 1 atom stereocenters. The normalized spacial score (nSPS) is 17.1. The molecular weight excluding hydrogens is 475 g/mol. The molecule has 1 aromatic carbocycles. The predicted octanol–water partition coefficient (Wildman–Crippen LogP) is 2.67. The summed E-state index contributed by atoms with van der Waals surface area (Å²) >= 11 is 2.05. The van der Waals surface area contributed by atoms with Crippen molar-refractivity contribution < 1.29 is 9.53 Å². The Morgan fingerprint density at radius 2 is 2.22 bits per heavy atom. The molecule has 0 bridgehead atoms. The minimum atomic E-state index is -0.0534. The van der Waals surface area contributed by atoms with E-state index in [1.165, 1.54) is 11.3 Å². The molecule has 1 aromatic rings. The smallest absolute Gasteiger partial charge is 0.259 e. The number of thioether (sulfide) groups is 1. The molecule has 1 unspecified atom stereocenters. The molecule has 1 fully saturated rings. The highest BCUT2D eigenvalue weighted by Crippen LogP contribution is 2.21. The van der Waals surface area contributed by atoms with Crippen LogP contribution in [0, 0.1) is 0 Å². The number of ether oxygens (including phenoxy) is 1. The Kier molecular flexibility index (Phi) is 10.9. The van der Waals surface area contributed by atoms with E-state index in [9.17, 15) is 4.79 Å². The number of nitrogens with zero attached hydrogens (tertiary/aromatic N) is 3. The van der Waals surface area contributed by atoms with E-state index in [-0.39, 0.29) is 36.5 Å². The van der Waals surface area contributed by atoms with Gasteiger partial charge in [0, 0.05) is 51.8 Å². The molecule has 152 valence electrons. The fraction of sp³-hybridized carbons (Fsp3) is 0.579. The second-order valence-corrected chi connectivity index (χ2v) is 7.88. The largest absolute Gasteiger partial charge is 0.484 e. The Labute approximate surface area is 184 Å². The highest BCUT2D eigenvalue weighted by atomic mass is 127. The predicted molar refractivity (Wildman–Crippen MR) is 124 cm³/mol. The van der Waals surface area contributed by atoms with Crippen LogP contribution in [0.2, 0.25) is 0 Å². The van der Waals surface area contributed by atoms with Gasteiger partial charge in [-0.2, -0.15) is 11.8 Å². The Hall–Kier alpha value is -1.16. The van der Waals surface area contributed by atoms with Gasteiger partial charge in [-0.05, 0) is 24.1 Å². The van der Waals surface area contributed by atoms with Gasteiger partial charge in [-0.3, -0.25) is 9.79 Å². The quantitative estimate of drug-likeness (QED) is 0.366. The number of nitrogens with one attached hydrogen (secondary N) is 1. The number of carbonyl (C=O) groups excluding carboxylic acids is 1. The Morgan fingerprint density at radius 3 is 2.89 bits per heavy atom. The van der Waals surface area contributed by atoms with Crippen LogP contribution in [0.15, 0.2) is 29.3 Å². The number of hydrogen-bond donors (Lipinski definition) is 1. The third kappa shape index (κ3) is 7.77. The van der Waals surface area contributed by atoms with E-state index >= 15 is 0 Å². The molecule has 0 spiro atoms. The summed E-state index contributed by atoms with van der Waals surface area (Å²) < 4.78 is 5.59. The van der Waals surface area contributed by atoms with E-state index in [1.807, 2.05) is 43.1 Å². The van der Waals surface area contributed by atoms with Gasteiger partial charge in [-0.15, -0.1) is 24.0 Å². The van der Waals surface area contributed by atoms with E-state index in [0.717, 1.165) is 30.4 Å². The topological polar surface area (TPSA) is 57.2 Å². The number of aliphatic imine (C=N–C) groups is 1. The van der Waals surface area contributed by atoms with Crippen molar-refractivity contribution in [2.75, 3.05) is 46.6 Å². The first-order valence-electron chi connectivity index (χ1n) is 9.02. The zero-order chi connectivity index (χ0) is 18.9. The molecule has 1 N–H and O–H groups in total. The van der Waals surface area contributed by atoms with Gasteiger partial charge in [0.1, 0.15) is 5.75 Å². The SMILES string of the molecule is CCC1CN(C(=NC)NCc2cccc(OCC(=O)N(C)C)c2)CCS1.I. The molecule has 0 aromatic heterocycles. The summed E-state index contributed by atoms with van der Waals surface area (Å²) in [6.45, 7) is 5.03. The van der Waals surface area contributed by atoms with Crippen LogP contribution in [0.5, 0.6) is 5.75 Å². The summed E-state index contributed by atoms with van der Waals surface area (Å²) in [5, 5.41) is 4.12. The first-order chi connectivity index (χ1) is 12.5. The van der Waals surface area contributed by atoms with Crippen LogP contribution in [-0.2, 0) is 11.3 Å². The standard InChI is InChI=1S/C19H30N4O2S.HI/c1-5-17-13-23(9-10-26-17)19(20-2)21-12-15-7-6-8-16(11-15)25-14-18(24)22(3)4;/h6-8,11,17H,5,9-10,12-14H2,1-4H3,(H,20,21);1H. The van der Waals surface area contributed by atoms with Crippen LogP contribution < -0.4 is 10.1 Å². The monoisotopic (exact) mass is 506 g/mol. The van der Waals surface area contributed by atoms with E-state index in [4.69, 9.17) is 4.74 Å². The number of carbonyl (C=O) groups is 1. The van der Waals surface area contributed by atoms with Gasteiger partial charge in [0.25, 0.3) is 5.91 Å². The van der Waals surface area contributed by atoms with E-state index in [0.29, 0.717) is 17.5 Å². The molecule has 1 amide bonds. The van der Waals surface area contributed by atoms with E-state index < -0.39 is 0 Å². The van der Waals surface area contributed by atoms with Crippen LogP contribution in [0.1, 0.15) is 18.9 Å². The highest BCUT2D eigenvalue weighted by molar-refractivity contribution is 14.0. The van der Waals surface area contributed by atoms with Gasteiger partial charge >= 0.3 is 0 Å². The van der Waals surface area contributed by atoms with Crippen molar-refractivity contribution in [3.05, 3.63) is 29.8 Å². The molecule has 0 saturated carbocycles. The molecular formula is C19H31IN4O2S. The van der Waals surface area contributed by atoms with Crippen molar-refractivity contribution in [3.8, 4) is 5.75 Å². The fourth-order valence-corrected chi connectivity index (χ4v) is 3.87. The second-order valence-electron chi connectivity index (χ2n) is 6.47. The van der Waals surface area contributed by atoms with Crippen LogP contribution in [0.25, 0.3) is 0 Å². The average Bonchev–Trinajstić information content (AvgIpc) is 2.67. The summed E-state index contributed by atoms with van der Waals surface area (Å²) in [4.78, 5) is 19.9. The van der Waals surface area contributed by atoms with Crippen molar-refractivity contribution in [1.82, 2.24) is 15.1 Å². The van der Waals surface area contributed by atoms with E-state index in [1.54, 1.807) is 14.1 Å². The summed E-state index contributed by atoms with van der Waals surface area (Å²) in [5.74, 6) is 2.73. The number of likely N-dealkylation sites (N-methyl/N-ethyl adjacent to an activating group) is 1. The third-order valence-electron chi connectivity index (χ3n) is 4.32. The minimum absolute atomic E-state index is 0. The van der Waals surface area contributed by atoms with Crippen molar-refractivity contribution >= 4 is 47.6 Å². The molecule has 1 heterocycles. The molecule has 0 aliphatic carbocycles. The molecule has 1 aliphatic heterocycles. The van der Waals surface area contributed by atoms with Crippen molar-refractivity contribution in [2.24, 2.45) is 4.99 Å².